The van der Waals surface area contributed by atoms with Gasteiger partial charge in [-0.1, -0.05) is 0 Å². The van der Waals surface area contributed by atoms with Crippen molar-refractivity contribution in [2.24, 2.45) is 11.8 Å². The third-order valence-corrected chi connectivity index (χ3v) is 3.62. The number of carboxylic acid groups (broad SMARTS) is 1. The molecule has 2 heterocycles. The lowest BCUT2D eigenvalue weighted by Gasteiger charge is -2.49. The van der Waals surface area contributed by atoms with Gasteiger partial charge in [0.2, 0.25) is 5.91 Å². The van der Waals surface area contributed by atoms with E-state index in [1.54, 1.807) is 19.1 Å². The van der Waals surface area contributed by atoms with Gasteiger partial charge in [-0.15, -0.1) is 0 Å². The molecule has 1 saturated heterocycles. The van der Waals surface area contributed by atoms with Crippen LogP contribution in [0.1, 0.15) is 19.6 Å². The van der Waals surface area contributed by atoms with Gasteiger partial charge in [0.1, 0.15) is 5.76 Å². The highest BCUT2D eigenvalue weighted by Crippen LogP contribution is 2.36. The van der Waals surface area contributed by atoms with Gasteiger partial charge < -0.3 is 19.5 Å². The second kappa shape index (κ2) is 5.05. The predicted molar refractivity (Wildman–Crippen MR) is 65.0 cm³/mol. The highest BCUT2D eigenvalue weighted by atomic mass is 16.4. The summed E-state index contributed by atoms with van der Waals surface area (Å²) in [6.45, 7) is 3.29. The van der Waals surface area contributed by atoms with Crippen molar-refractivity contribution in [1.82, 2.24) is 4.90 Å². The van der Waals surface area contributed by atoms with E-state index in [1.165, 1.54) is 18.1 Å². The molecule has 0 spiro atoms. The third-order valence-electron chi connectivity index (χ3n) is 3.62. The quantitative estimate of drug-likeness (QED) is 0.767. The number of furan rings is 1. The highest BCUT2D eigenvalue weighted by molar-refractivity contribution is 5.88. The monoisotopic (exact) mass is 267 g/mol. The van der Waals surface area contributed by atoms with Crippen molar-refractivity contribution >= 4 is 11.9 Å². The molecule has 2 unspecified atom stereocenters. The van der Waals surface area contributed by atoms with Crippen LogP contribution in [0, 0.1) is 11.8 Å². The molecule has 104 valence electrons. The Kier molecular flexibility index (Phi) is 3.61. The van der Waals surface area contributed by atoms with E-state index in [1.807, 2.05) is 0 Å². The Morgan fingerprint density at radius 3 is 2.68 bits per heavy atom. The summed E-state index contributed by atoms with van der Waals surface area (Å²) in [6, 6.07) is 2.93. The van der Waals surface area contributed by atoms with E-state index >= 15 is 0 Å². The Morgan fingerprint density at radius 2 is 2.21 bits per heavy atom. The number of carboxylic acids is 1. The van der Waals surface area contributed by atoms with Crippen LogP contribution in [-0.2, 0) is 16.1 Å². The fourth-order valence-corrected chi connectivity index (χ4v) is 2.57. The zero-order chi connectivity index (χ0) is 14.2. The second-order valence-corrected chi connectivity index (χ2v) is 4.93. The SMILES string of the molecule is CC(O)[C@H]1C(=O)N(Cc2ccco2)[C@@H]1C(C)C(=O)O. The Bertz CT molecular complexity index is 467. The van der Waals surface area contributed by atoms with Crippen LogP contribution in [-0.4, -0.2) is 39.1 Å². The van der Waals surface area contributed by atoms with E-state index in [-0.39, 0.29) is 12.5 Å². The summed E-state index contributed by atoms with van der Waals surface area (Å²) in [5, 5.41) is 18.7. The Labute approximate surface area is 110 Å². The second-order valence-electron chi connectivity index (χ2n) is 4.93. The lowest BCUT2D eigenvalue weighted by Crippen LogP contribution is -2.66. The van der Waals surface area contributed by atoms with Crippen molar-refractivity contribution in [3.63, 3.8) is 0 Å². The maximum Gasteiger partial charge on any atom is 0.308 e. The minimum atomic E-state index is -0.979. The van der Waals surface area contributed by atoms with Gasteiger partial charge in [-0.05, 0) is 26.0 Å². The molecule has 2 rings (SSSR count). The van der Waals surface area contributed by atoms with Gasteiger partial charge in [0.05, 0.1) is 36.8 Å². The number of carbonyl (C=O) groups is 2. The first kappa shape index (κ1) is 13.6. The number of β-lactam (4-membered cyclic amide) rings is 1. The molecule has 6 heteroatoms. The zero-order valence-corrected chi connectivity index (χ0v) is 10.8. The first-order valence-electron chi connectivity index (χ1n) is 6.17. The van der Waals surface area contributed by atoms with Gasteiger partial charge in [0.25, 0.3) is 0 Å². The summed E-state index contributed by atoms with van der Waals surface area (Å²) in [7, 11) is 0. The van der Waals surface area contributed by atoms with Crippen molar-refractivity contribution in [2.45, 2.75) is 32.5 Å². The number of hydrogen-bond donors (Lipinski definition) is 2. The molecule has 1 aliphatic rings. The summed E-state index contributed by atoms with van der Waals surface area (Å²) in [5.74, 6) is -1.99. The van der Waals surface area contributed by atoms with Crippen LogP contribution in [0.25, 0.3) is 0 Å². The van der Waals surface area contributed by atoms with Crippen LogP contribution in [0.3, 0.4) is 0 Å². The minimum Gasteiger partial charge on any atom is -0.481 e. The van der Waals surface area contributed by atoms with Gasteiger partial charge in [-0.25, -0.2) is 0 Å². The van der Waals surface area contributed by atoms with Crippen molar-refractivity contribution in [3.8, 4) is 0 Å². The summed E-state index contributed by atoms with van der Waals surface area (Å²) in [6.07, 6.45) is 0.647. The average Bonchev–Trinajstić information content (AvgIpc) is 2.83. The number of likely N-dealkylation sites (tertiary alicyclic amines) is 1. The van der Waals surface area contributed by atoms with Crippen molar-refractivity contribution in [3.05, 3.63) is 24.2 Å². The molecule has 19 heavy (non-hydrogen) atoms. The smallest absolute Gasteiger partial charge is 0.308 e. The van der Waals surface area contributed by atoms with E-state index in [9.17, 15) is 14.7 Å². The van der Waals surface area contributed by atoms with Crippen LogP contribution < -0.4 is 0 Å². The summed E-state index contributed by atoms with van der Waals surface area (Å²) in [4.78, 5) is 24.6. The zero-order valence-electron chi connectivity index (χ0n) is 10.8. The predicted octanol–water partition coefficient (Wildman–Crippen LogP) is 0.708. The van der Waals surface area contributed by atoms with E-state index in [0.717, 1.165) is 0 Å². The van der Waals surface area contributed by atoms with E-state index in [4.69, 9.17) is 9.52 Å². The number of aliphatic carboxylic acids is 1. The normalized spacial score (nSPS) is 25.8. The maximum absolute atomic E-state index is 12.0. The lowest BCUT2D eigenvalue weighted by molar-refractivity contribution is -0.174. The number of carbonyl (C=O) groups excluding carboxylic acids is 1. The van der Waals surface area contributed by atoms with E-state index in [2.05, 4.69) is 0 Å². The standard InChI is InChI=1S/C13H17NO5/c1-7(13(17)18)11-10(8(2)15)12(16)14(11)6-9-4-3-5-19-9/h3-5,7-8,10-11,15H,6H2,1-2H3,(H,17,18)/t7?,8?,10-,11-/m1/s1. The highest BCUT2D eigenvalue weighted by Gasteiger charge is 2.53. The molecule has 1 aromatic rings. The molecule has 1 aromatic heterocycles. The number of hydrogen-bond acceptors (Lipinski definition) is 4. The fourth-order valence-electron chi connectivity index (χ4n) is 2.57. The Morgan fingerprint density at radius 1 is 1.53 bits per heavy atom. The first-order valence-corrected chi connectivity index (χ1v) is 6.17. The van der Waals surface area contributed by atoms with Gasteiger partial charge in [-0.3, -0.25) is 9.59 Å². The lowest BCUT2D eigenvalue weighted by atomic mass is 9.76. The largest absolute Gasteiger partial charge is 0.481 e. The van der Waals surface area contributed by atoms with Crippen molar-refractivity contribution < 1.29 is 24.2 Å². The maximum atomic E-state index is 12.0. The van der Waals surface area contributed by atoms with Crippen LogP contribution >= 0.6 is 0 Å². The van der Waals surface area contributed by atoms with Gasteiger partial charge >= 0.3 is 5.97 Å². The molecule has 0 radical (unpaired) electrons. The number of rotatable bonds is 5. The number of aliphatic hydroxyl groups is 1. The van der Waals surface area contributed by atoms with Crippen LogP contribution in [0.4, 0.5) is 0 Å². The number of amides is 1. The van der Waals surface area contributed by atoms with Crippen LogP contribution in [0.15, 0.2) is 22.8 Å². The fraction of sp³-hybridized carbons (Fsp3) is 0.538. The molecule has 1 amide bonds. The summed E-state index contributed by atoms with van der Waals surface area (Å²) >= 11 is 0. The van der Waals surface area contributed by atoms with Crippen LogP contribution in [0.5, 0.6) is 0 Å². The number of nitrogens with zero attached hydrogens (tertiary/aromatic N) is 1. The number of aliphatic hydroxyl groups excluding tert-OH is 1. The molecule has 0 bridgehead atoms. The minimum absolute atomic E-state index is 0.232. The molecule has 6 nitrogen and oxygen atoms in total. The first-order chi connectivity index (χ1) is 8.93. The molecular formula is C13H17NO5. The Balaban J connectivity index is 2.17. The molecule has 1 fully saturated rings. The van der Waals surface area contributed by atoms with Crippen molar-refractivity contribution in [2.75, 3.05) is 0 Å². The molecular weight excluding hydrogens is 250 g/mol. The van der Waals surface area contributed by atoms with Crippen LogP contribution in [0.2, 0.25) is 0 Å². The Hall–Kier alpha value is -1.82. The average molecular weight is 267 g/mol. The molecule has 0 aromatic carbocycles. The van der Waals surface area contributed by atoms with Gasteiger partial charge in [0, 0.05) is 0 Å². The molecule has 4 atom stereocenters. The third kappa shape index (κ3) is 2.35. The van der Waals surface area contributed by atoms with E-state index in [0.29, 0.717) is 5.76 Å². The summed E-state index contributed by atoms with van der Waals surface area (Å²) in [5.41, 5.74) is 0. The molecule has 0 saturated carbocycles. The van der Waals surface area contributed by atoms with Gasteiger partial charge in [0.15, 0.2) is 0 Å². The van der Waals surface area contributed by atoms with Crippen molar-refractivity contribution in [1.29, 1.82) is 0 Å². The molecule has 2 N–H and O–H groups in total. The molecule has 1 aliphatic heterocycles. The summed E-state index contributed by atoms with van der Waals surface area (Å²) < 4.78 is 5.17. The van der Waals surface area contributed by atoms with E-state index < -0.39 is 30.0 Å². The van der Waals surface area contributed by atoms with Gasteiger partial charge in [-0.2, -0.15) is 0 Å². The topological polar surface area (TPSA) is 91.0 Å². The molecule has 0 aliphatic carbocycles.